The van der Waals surface area contributed by atoms with E-state index in [0.717, 1.165) is 11.1 Å². The van der Waals surface area contributed by atoms with Gasteiger partial charge in [0.15, 0.2) is 0 Å². The topological polar surface area (TPSA) is 37.3 Å². The average Bonchev–Trinajstić information content (AvgIpc) is 2.18. The van der Waals surface area contributed by atoms with Crippen LogP contribution in [0.3, 0.4) is 0 Å². The van der Waals surface area contributed by atoms with E-state index in [1.807, 2.05) is 6.07 Å². The van der Waals surface area contributed by atoms with E-state index in [2.05, 4.69) is 11.8 Å². The molecule has 0 aliphatic rings. The van der Waals surface area contributed by atoms with Crippen LogP contribution < -0.4 is 0 Å². The van der Waals surface area contributed by atoms with Crippen LogP contribution in [-0.4, -0.2) is 11.1 Å². The summed E-state index contributed by atoms with van der Waals surface area (Å²) in [5.74, 6) is 3.98. The monoisotopic (exact) mass is 198 g/mol. The lowest BCUT2D eigenvalue weighted by molar-refractivity contribution is 0.0696. The Balaban J connectivity index is 3.16. The first-order valence-corrected chi connectivity index (χ1v) is 4.40. The Morgan fingerprint density at radius 3 is 1.93 bits per heavy atom. The number of rotatable bonds is 3. The van der Waals surface area contributed by atoms with Crippen molar-refractivity contribution < 1.29 is 9.90 Å². The predicted octanol–water partition coefficient (Wildman–Crippen LogP) is 1.74. The SMILES string of the molecule is C#CCc1cc(CC#C)cc(C(=O)O)c1. The molecule has 1 rings (SSSR count). The number of carbonyl (C=O) groups is 1. The lowest BCUT2D eigenvalue weighted by atomic mass is 10.0. The summed E-state index contributed by atoms with van der Waals surface area (Å²) >= 11 is 0. The first-order chi connectivity index (χ1) is 7.17. The molecule has 0 saturated heterocycles. The number of carboxylic acid groups (broad SMARTS) is 1. The fourth-order valence-electron chi connectivity index (χ4n) is 1.33. The Bertz CT molecular complexity index is 424. The van der Waals surface area contributed by atoms with Crippen molar-refractivity contribution in [2.75, 3.05) is 0 Å². The van der Waals surface area contributed by atoms with Gasteiger partial charge in [0.1, 0.15) is 0 Å². The maximum Gasteiger partial charge on any atom is 0.335 e. The highest BCUT2D eigenvalue weighted by molar-refractivity contribution is 5.88. The van der Waals surface area contributed by atoms with Crippen molar-refractivity contribution in [1.29, 1.82) is 0 Å². The van der Waals surface area contributed by atoms with Gasteiger partial charge in [0.2, 0.25) is 0 Å². The van der Waals surface area contributed by atoms with Crippen LogP contribution in [0.15, 0.2) is 18.2 Å². The van der Waals surface area contributed by atoms with E-state index in [0.29, 0.717) is 12.8 Å². The van der Waals surface area contributed by atoms with Crippen molar-refractivity contribution in [1.82, 2.24) is 0 Å². The minimum atomic E-state index is -0.966. The highest BCUT2D eigenvalue weighted by Gasteiger charge is 2.05. The molecule has 0 heterocycles. The molecule has 1 aromatic carbocycles. The second kappa shape index (κ2) is 4.88. The van der Waals surface area contributed by atoms with E-state index in [4.69, 9.17) is 18.0 Å². The molecule has 0 unspecified atom stereocenters. The molecule has 0 atom stereocenters. The largest absolute Gasteiger partial charge is 0.478 e. The number of terminal acetylenes is 2. The van der Waals surface area contributed by atoms with Gasteiger partial charge in [-0.15, -0.1) is 24.7 Å². The normalized spacial score (nSPS) is 8.93. The van der Waals surface area contributed by atoms with E-state index < -0.39 is 5.97 Å². The van der Waals surface area contributed by atoms with Crippen LogP contribution in [0.25, 0.3) is 0 Å². The molecule has 0 saturated carbocycles. The van der Waals surface area contributed by atoms with E-state index in [1.54, 1.807) is 12.1 Å². The van der Waals surface area contributed by atoms with Gasteiger partial charge in [-0.1, -0.05) is 6.07 Å². The number of benzene rings is 1. The molecular formula is C13H10O2. The maximum atomic E-state index is 10.8. The lowest BCUT2D eigenvalue weighted by Crippen LogP contribution is -1.99. The van der Waals surface area contributed by atoms with Gasteiger partial charge in [0, 0.05) is 12.8 Å². The standard InChI is InChI=1S/C13H10O2/c1-3-5-10-7-11(6-4-2)9-12(8-10)13(14)15/h1-2,7-9H,5-6H2,(H,14,15). The van der Waals surface area contributed by atoms with Gasteiger partial charge in [-0.25, -0.2) is 4.79 Å². The third-order valence-electron chi connectivity index (χ3n) is 1.91. The van der Waals surface area contributed by atoms with Crippen molar-refractivity contribution in [3.63, 3.8) is 0 Å². The summed E-state index contributed by atoms with van der Waals surface area (Å²) in [6.07, 6.45) is 11.2. The van der Waals surface area contributed by atoms with E-state index in [1.165, 1.54) is 0 Å². The van der Waals surface area contributed by atoms with Gasteiger partial charge in [-0.3, -0.25) is 0 Å². The van der Waals surface area contributed by atoms with Crippen LogP contribution in [0, 0.1) is 24.7 Å². The van der Waals surface area contributed by atoms with Crippen LogP contribution in [0.5, 0.6) is 0 Å². The van der Waals surface area contributed by atoms with Gasteiger partial charge in [-0.2, -0.15) is 0 Å². The number of hydrogen-bond donors (Lipinski definition) is 1. The Labute approximate surface area is 88.9 Å². The van der Waals surface area contributed by atoms with Gasteiger partial charge in [-0.05, 0) is 23.3 Å². The van der Waals surface area contributed by atoms with Gasteiger partial charge in [0.25, 0.3) is 0 Å². The molecule has 1 N–H and O–H groups in total. The highest BCUT2D eigenvalue weighted by atomic mass is 16.4. The fraction of sp³-hybridized carbons (Fsp3) is 0.154. The van der Waals surface area contributed by atoms with Crippen molar-refractivity contribution in [3.05, 3.63) is 34.9 Å². The molecule has 2 heteroatoms. The predicted molar refractivity (Wildman–Crippen MR) is 58.5 cm³/mol. The lowest BCUT2D eigenvalue weighted by Gasteiger charge is -2.03. The summed E-state index contributed by atoms with van der Waals surface area (Å²) in [4.78, 5) is 10.8. The quantitative estimate of drug-likeness (QED) is 0.751. The summed E-state index contributed by atoms with van der Waals surface area (Å²) in [7, 11) is 0. The summed E-state index contributed by atoms with van der Waals surface area (Å²) in [6.45, 7) is 0. The fourth-order valence-corrected chi connectivity index (χ4v) is 1.33. The third-order valence-corrected chi connectivity index (χ3v) is 1.91. The first kappa shape index (κ1) is 10.9. The zero-order valence-electron chi connectivity index (χ0n) is 8.16. The molecule has 0 aliphatic heterocycles. The first-order valence-electron chi connectivity index (χ1n) is 4.40. The molecule has 0 spiro atoms. The number of carboxylic acids is 1. The second-order valence-electron chi connectivity index (χ2n) is 3.11. The minimum Gasteiger partial charge on any atom is -0.478 e. The van der Waals surface area contributed by atoms with Crippen LogP contribution in [0.1, 0.15) is 21.5 Å². The molecule has 0 aliphatic carbocycles. The second-order valence-corrected chi connectivity index (χ2v) is 3.11. The van der Waals surface area contributed by atoms with Crippen molar-refractivity contribution in [2.24, 2.45) is 0 Å². The van der Waals surface area contributed by atoms with Crippen LogP contribution in [0.2, 0.25) is 0 Å². The smallest absolute Gasteiger partial charge is 0.335 e. The average molecular weight is 198 g/mol. The molecule has 74 valence electrons. The minimum absolute atomic E-state index is 0.230. The summed E-state index contributed by atoms with van der Waals surface area (Å²) in [5, 5.41) is 8.87. The molecule has 0 fully saturated rings. The Hall–Kier alpha value is -2.19. The Morgan fingerprint density at radius 1 is 1.13 bits per heavy atom. The molecule has 0 bridgehead atoms. The molecular weight excluding hydrogens is 188 g/mol. The molecule has 2 nitrogen and oxygen atoms in total. The van der Waals surface area contributed by atoms with E-state index in [9.17, 15) is 4.79 Å². The Morgan fingerprint density at radius 2 is 1.60 bits per heavy atom. The van der Waals surface area contributed by atoms with Gasteiger partial charge in [0.05, 0.1) is 5.56 Å². The maximum absolute atomic E-state index is 10.8. The molecule has 15 heavy (non-hydrogen) atoms. The Kier molecular flexibility index (Phi) is 3.55. The molecule has 0 radical (unpaired) electrons. The van der Waals surface area contributed by atoms with Crippen molar-refractivity contribution in [3.8, 4) is 24.7 Å². The summed E-state index contributed by atoms with van der Waals surface area (Å²) in [6, 6.07) is 4.98. The van der Waals surface area contributed by atoms with Crippen LogP contribution in [0.4, 0.5) is 0 Å². The number of aromatic carboxylic acids is 1. The van der Waals surface area contributed by atoms with E-state index >= 15 is 0 Å². The van der Waals surface area contributed by atoms with Gasteiger partial charge < -0.3 is 5.11 Å². The summed E-state index contributed by atoms with van der Waals surface area (Å²) in [5.41, 5.74) is 1.85. The molecule has 1 aromatic rings. The molecule has 0 amide bonds. The van der Waals surface area contributed by atoms with E-state index in [-0.39, 0.29) is 5.56 Å². The zero-order valence-corrected chi connectivity index (χ0v) is 8.16. The number of hydrogen-bond acceptors (Lipinski definition) is 1. The molecule has 0 aromatic heterocycles. The van der Waals surface area contributed by atoms with Crippen molar-refractivity contribution in [2.45, 2.75) is 12.8 Å². The third kappa shape index (κ3) is 2.90. The zero-order chi connectivity index (χ0) is 11.3. The highest BCUT2D eigenvalue weighted by Crippen LogP contribution is 2.11. The van der Waals surface area contributed by atoms with Gasteiger partial charge >= 0.3 is 5.97 Å². The van der Waals surface area contributed by atoms with Crippen LogP contribution in [-0.2, 0) is 12.8 Å². The van der Waals surface area contributed by atoms with Crippen LogP contribution >= 0.6 is 0 Å². The summed E-state index contributed by atoms with van der Waals surface area (Å²) < 4.78 is 0. The van der Waals surface area contributed by atoms with Crippen molar-refractivity contribution >= 4 is 5.97 Å².